The topological polar surface area (TPSA) is 98.8 Å². The maximum absolute atomic E-state index is 13.3. The van der Waals surface area contributed by atoms with Crippen LogP contribution in [0.15, 0.2) is 42.0 Å². The molecule has 1 saturated heterocycles. The van der Waals surface area contributed by atoms with Gasteiger partial charge >= 0.3 is 0 Å². The summed E-state index contributed by atoms with van der Waals surface area (Å²) < 4.78 is 0. The number of nitrogens with zero attached hydrogens (tertiary/aromatic N) is 2. The molecule has 1 aliphatic heterocycles. The molecule has 0 aromatic heterocycles. The van der Waals surface area contributed by atoms with Crippen LogP contribution in [-0.4, -0.2) is 72.2 Å². The van der Waals surface area contributed by atoms with Gasteiger partial charge in [-0.15, -0.1) is 0 Å². The molecule has 0 radical (unpaired) electrons. The Kier molecular flexibility index (Phi) is 10.3. The molecule has 0 aliphatic carbocycles. The average Bonchev–Trinajstić information content (AvgIpc) is 3.30. The molecular formula is C26H38N4O4. The largest absolute Gasteiger partial charge is 0.352 e. The van der Waals surface area contributed by atoms with Crippen molar-refractivity contribution in [2.24, 2.45) is 5.92 Å². The Balaban J connectivity index is 2.06. The highest BCUT2D eigenvalue weighted by atomic mass is 16.2. The molecule has 1 aromatic carbocycles. The molecule has 4 amide bonds. The lowest BCUT2D eigenvalue weighted by atomic mass is 9.99. The zero-order valence-electron chi connectivity index (χ0n) is 20.9. The molecule has 0 bridgehead atoms. The normalized spacial score (nSPS) is 17.8. The molecule has 1 heterocycles. The van der Waals surface area contributed by atoms with Crippen LogP contribution in [0.4, 0.5) is 0 Å². The highest BCUT2D eigenvalue weighted by Crippen LogP contribution is 2.22. The van der Waals surface area contributed by atoms with Crippen molar-refractivity contribution in [1.29, 1.82) is 0 Å². The fourth-order valence-electron chi connectivity index (χ4n) is 4.37. The lowest BCUT2D eigenvalue weighted by molar-refractivity contribution is -0.136. The molecule has 1 unspecified atom stereocenters. The van der Waals surface area contributed by atoms with Gasteiger partial charge in [-0.1, -0.05) is 50.3 Å². The zero-order valence-corrected chi connectivity index (χ0v) is 20.9. The van der Waals surface area contributed by atoms with E-state index < -0.39 is 6.04 Å². The van der Waals surface area contributed by atoms with Gasteiger partial charge in [-0.3, -0.25) is 19.2 Å². The van der Waals surface area contributed by atoms with Crippen LogP contribution in [0.3, 0.4) is 0 Å². The van der Waals surface area contributed by atoms with Gasteiger partial charge in [0, 0.05) is 25.2 Å². The van der Waals surface area contributed by atoms with E-state index in [-0.39, 0.29) is 42.3 Å². The van der Waals surface area contributed by atoms with Crippen molar-refractivity contribution in [3.05, 3.63) is 47.5 Å². The third-order valence-electron chi connectivity index (χ3n) is 6.21. The molecule has 0 spiro atoms. The van der Waals surface area contributed by atoms with E-state index in [1.165, 1.54) is 4.90 Å². The quantitative estimate of drug-likeness (QED) is 0.381. The van der Waals surface area contributed by atoms with Crippen molar-refractivity contribution >= 4 is 24.1 Å². The van der Waals surface area contributed by atoms with Gasteiger partial charge in [0.1, 0.15) is 6.04 Å². The van der Waals surface area contributed by atoms with E-state index in [0.29, 0.717) is 24.9 Å². The molecule has 1 fully saturated rings. The van der Waals surface area contributed by atoms with Crippen molar-refractivity contribution in [2.75, 3.05) is 20.1 Å². The SMILES string of the molecule is CC(=C[C@H](C(C)C)N(C)C(=O)CNC=O)C(=O)N1CCC[C@H]1C(=O)NC(C)Cc1ccccc1. The van der Waals surface area contributed by atoms with Crippen molar-refractivity contribution in [3.63, 3.8) is 0 Å². The van der Waals surface area contributed by atoms with Crippen molar-refractivity contribution in [3.8, 4) is 0 Å². The van der Waals surface area contributed by atoms with Crippen molar-refractivity contribution in [2.45, 2.75) is 65.1 Å². The molecular weight excluding hydrogens is 432 g/mol. The third kappa shape index (κ3) is 7.43. The summed E-state index contributed by atoms with van der Waals surface area (Å²) in [5.74, 6) is -0.502. The lowest BCUT2D eigenvalue weighted by Crippen LogP contribution is -2.49. The highest BCUT2D eigenvalue weighted by molar-refractivity contribution is 5.97. The summed E-state index contributed by atoms with van der Waals surface area (Å²) in [6.45, 7) is 8.06. The molecule has 0 saturated carbocycles. The second-order valence-corrected chi connectivity index (χ2v) is 9.34. The first-order valence-corrected chi connectivity index (χ1v) is 11.9. The number of nitrogens with one attached hydrogen (secondary N) is 2. The van der Waals surface area contributed by atoms with Gasteiger partial charge < -0.3 is 20.4 Å². The number of hydrogen-bond acceptors (Lipinski definition) is 4. The Hall–Kier alpha value is -3.16. The maximum atomic E-state index is 13.3. The first-order valence-electron chi connectivity index (χ1n) is 11.9. The molecule has 3 atom stereocenters. The van der Waals surface area contributed by atoms with E-state index in [4.69, 9.17) is 0 Å². The van der Waals surface area contributed by atoms with E-state index in [1.807, 2.05) is 51.1 Å². The minimum Gasteiger partial charge on any atom is -0.352 e. The average molecular weight is 471 g/mol. The van der Waals surface area contributed by atoms with Crippen LogP contribution in [-0.2, 0) is 25.6 Å². The summed E-state index contributed by atoms with van der Waals surface area (Å²) in [6, 6.07) is 9.12. The Morgan fingerprint density at radius 1 is 1.18 bits per heavy atom. The highest BCUT2D eigenvalue weighted by Gasteiger charge is 2.35. The second-order valence-electron chi connectivity index (χ2n) is 9.34. The Bertz CT molecular complexity index is 884. The van der Waals surface area contributed by atoms with Crippen LogP contribution in [0.25, 0.3) is 0 Å². The summed E-state index contributed by atoms with van der Waals surface area (Å²) in [7, 11) is 1.66. The van der Waals surface area contributed by atoms with Crippen LogP contribution < -0.4 is 10.6 Å². The van der Waals surface area contributed by atoms with Gasteiger partial charge in [0.05, 0.1) is 12.6 Å². The van der Waals surface area contributed by atoms with Crippen LogP contribution in [0.2, 0.25) is 0 Å². The molecule has 8 heteroatoms. The Labute approximate surface area is 202 Å². The molecule has 2 N–H and O–H groups in total. The van der Waals surface area contributed by atoms with Gasteiger partial charge in [0.25, 0.3) is 0 Å². The number of hydrogen-bond donors (Lipinski definition) is 2. The number of likely N-dealkylation sites (N-methyl/N-ethyl adjacent to an activating group) is 1. The monoisotopic (exact) mass is 470 g/mol. The lowest BCUT2D eigenvalue weighted by Gasteiger charge is -2.30. The van der Waals surface area contributed by atoms with Crippen LogP contribution >= 0.6 is 0 Å². The fraction of sp³-hybridized carbons (Fsp3) is 0.538. The van der Waals surface area contributed by atoms with Gasteiger partial charge in [0.2, 0.25) is 24.1 Å². The summed E-state index contributed by atoms with van der Waals surface area (Å²) in [6.07, 6.45) is 4.40. The fourth-order valence-corrected chi connectivity index (χ4v) is 4.37. The van der Waals surface area contributed by atoms with E-state index in [1.54, 1.807) is 24.9 Å². The number of rotatable bonds is 11. The summed E-state index contributed by atoms with van der Waals surface area (Å²) in [5, 5.41) is 5.45. The van der Waals surface area contributed by atoms with Gasteiger partial charge in [-0.05, 0) is 44.6 Å². The number of likely N-dealkylation sites (tertiary alicyclic amines) is 1. The molecule has 186 valence electrons. The van der Waals surface area contributed by atoms with E-state index >= 15 is 0 Å². The Morgan fingerprint density at radius 2 is 1.85 bits per heavy atom. The first-order chi connectivity index (χ1) is 16.1. The van der Waals surface area contributed by atoms with Gasteiger partial charge in [-0.25, -0.2) is 0 Å². The number of carbonyl (C=O) groups excluding carboxylic acids is 4. The smallest absolute Gasteiger partial charge is 0.249 e. The molecule has 1 aliphatic rings. The van der Waals surface area contributed by atoms with Crippen molar-refractivity contribution in [1.82, 2.24) is 20.4 Å². The van der Waals surface area contributed by atoms with Crippen molar-refractivity contribution < 1.29 is 19.2 Å². The minimum absolute atomic E-state index is 0.0472. The molecule has 34 heavy (non-hydrogen) atoms. The molecule has 1 aromatic rings. The standard InChI is InChI=1S/C26H38N4O4/c1-18(2)23(29(5)24(32)16-27-17-31)14-19(3)26(34)30-13-9-12-22(30)25(33)28-20(4)15-21-10-7-6-8-11-21/h6-8,10-11,14,17-18,20,22-23H,9,12-13,15-16H2,1-5H3,(H,27,31)(H,28,33)/t20?,22-,23+/m0/s1. The van der Waals surface area contributed by atoms with E-state index in [2.05, 4.69) is 10.6 Å². The summed E-state index contributed by atoms with van der Waals surface area (Å²) >= 11 is 0. The van der Waals surface area contributed by atoms with E-state index in [0.717, 1.165) is 18.4 Å². The maximum Gasteiger partial charge on any atom is 0.249 e. The second kappa shape index (κ2) is 12.9. The number of amides is 4. The predicted molar refractivity (Wildman–Crippen MR) is 132 cm³/mol. The number of benzene rings is 1. The molecule has 2 rings (SSSR count). The number of carbonyl (C=O) groups is 4. The molecule has 8 nitrogen and oxygen atoms in total. The summed E-state index contributed by atoms with van der Waals surface area (Å²) in [4.78, 5) is 52.3. The zero-order chi connectivity index (χ0) is 25.3. The minimum atomic E-state index is -0.497. The van der Waals surface area contributed by atoms with Gasteiger partial charge in [-0.2, -0.15) is 0 Å². The summed E-state index contributed by atoms with van der Waals surface area (Å²) in [5.41, 5.74) is 1.65. The van der Waals surface area contributed by atoms with Crippen LogP contribution in [0, 0.1) is 5.92 Å². The first kappa shape index (κ1) is 27.1. The predicted octanol–water partition coefficient (Wildman–Crippen LogP) is 1.90. The van der Waals surface area contributed by atoms with E-state index in [9.17, 15) is 19.2 Å². The van der Waals surface area contributed by atoms with Crippen LogP contribution in [0.1, 0.15) is 46.1 Å². The van der Waals surface area contributed by atoms with Crippen LogP contribution in [0.5, 0.6) is 0 Å². The Morgan fingerprint density at radius 3 is 2.47 bits per heavy atom. The third-order valence-corrected chi connectivity index (χ3v) is 6.21. The van der Waals surface area contributed by atoms with Gasteiger partial charge in [0.15, 0.2) is 0 Å².